The van der Waals surface area contributed by atoms with Gasteiger partial charge in [-0.1, -0.05) is 18.6 Å². The van der Waals surface area contributed by atoms with Gasteiger partial charge in [-0.15, -0.1) is 0 Å². The molecule has 2 aromatic rings. The number of H-pyrrole nitrogens is 1. The summed E-state index contributed by atoms with van der Waals surface area (Å²) in [6.45, 7) is 9.67. The molecular weight excluding hydrogens is 302 g/mol. The molecule has 6 heteroatoms. The van der Waals surface area contributed by atoms with E-state index in [9.17, 15) is 4.79 Å². The van der Waals surface area contributed by atoms with E-state index in [0.29, 0.717) is 5.69 Å². The topological polar surface area (TPSA) is 87.9 Å². The number of benzene rings is 1. The summed E-state index contributed by atoms with van der Waals surface area (Å²) < 4.78 is 0. The first-order chi connectivity index (χ1) is 11.5. The lowest BCUT2D eigenvalue weighted by molar-refractivity contribution is 0.0996. The normalized spacial score (nSPS) is 16.5. The van der Waals surface area contributed by atoms with E-state index >= 15 is 0 Å². The molecule has 1 amide bonds. The number of nitrogens with one attached hydrogen (secondary N) is 1. The number of likely N-dealkylation sites (tertiary alicyclic amines) is 1. The molecule has 0 bridgehead atoms. The molecule has 24 heavy (non-hydrogen) atoms. The van der Waals surface area contributed by atoms with Crippen molar-refractivity contribution in [3.8, 4) is 11.3 Å². The molecule has 0 aliphatic carbocycles. The van der Waals surface area contributed by atoms with Gasteiger partial charge >= 0.3 is 0 Å². The molecule has 3 rings (SSSR count). The fourth-order valence-corrected chi connectivity index (χ4v) is 3.40. The Bertz CT molecular complexity index is 744. The van der Waals surface area contributed by atoms with Crippen molar-refractivity contribution < 1.29 is 4.79 Å². The molecule has 1 aromatic carbocycles. The molecule has 1 aromatic heterocycles. The number of nitrogens with two attached hydrogens (primary N) is 1. The summed E-state index contributed by atoms with van der Waals surface area (Å²) in [5, 5.41) is 10.6. The highest BCUT2D eigenvalue weighted by Crippen LogP contribution is 2.29. The van der Waals surface area contributed by atoms with Gasteiger partial charge in [0.05, 0.1) is 0 Å². The van der Waals surface area contributed by atoms with E-state index in [1.807, 2.05) is 6.07 Å². The molecule has 2 heterocycles. The van der Waals surface area contributed by atoms with Crippen LogP contribution in [0, 0.1) is 19.8 Å². The van der Waals surface area contributed by atoms with Crippen LogP contribution in [0.25, 0.3) is 11.3 Å². The van der Waals surface area contributed by atoms with Crippen molar-refractivity contribution in [3.05, 3.63) is 34.5 Å². The molecule has 0 radical (unpaired) electrons. The molecular formula is C18H25N5O. The Kier molecular flexibility index (Phi) is 4.66. The zero-order valence-electron chi connectivity index (χ0n) is 14.6. The van der Waals surface area contributed by atoms with Crippen LogP contribution in [0.1, 0.15) is 46.9 Å². The van der Waals surface area contributed by atoms with Crippen molar-refractivity contribution in [2.75, 3.05) is 13.1 Å². The molecule has 0 atom stereocenters. The van der Waals surface area contributed by atoms with Crippen LogP contribution >= 0.6 is 0 Å². The third-order valence-electron chi connectivity index (χ3n) is 4.97. The Morgan fingerprint density at radius 1 is 1.29 bits per heavy atom. The minimum Gasteiger partial charge on any atom is -0.364 e. The van der Waals surface area contributed by atoms with Crippen LogP contribution in [0.2, 0.25) is 0 Å². The average molecular weight is 327 g/mol. The van der Waals surface area contributed by atoms with Crippen molar-refractivity contribution in [2.24, 2.45) is 11.7 Å². The summed E-state index contributed by atoms with van der Waals surface area (Å²) in [6.07, 6.45) is 2.51. The summed E-state index contributed by atoms with van der Waals surface area (Å²) in [6, 6.07) is 4.27. The number of aromatic amines is 1. The Hall–Kier alpha value is -2.21. The number of amides is 1. The maximum atomic E-state index is 11.6. The maximum absolute atomic E-state index is 11.6. The monoisotopic (exact) mass is 327 g/mol. The second kappa shape index (κ2) is 6.73. The molecule has 0 spiro atoms. The van der Waals surface area contributed by atoms with Crippen LogP contribution in [0.15, 0.2) is 12.1 Å². The van der Waals surface area contributed by atoms with Crippen molar-refractivity contribution in [3.63, 3.8) is 0 Å². The molecule has 1 aliphatic rings. The zero-order valence-corrected chi connectivity index (χ0v) is 14.6. The van der Waals surface area contributed by atoms with Crippen molar-refractivity contribution in [1.82, 2.24) is 20.3 Å². The lowest BCUT2D eigenvalue weighted by Crippen LogP contribution is -2.32. The smallest absolute Gasteiger partial charge is 0.271 e. The summed E-state index contributed by atoms with van der Waals surface area (Å²) in [4.78, 5) is 14.1. The van der Waals surface area contributed by atoms with E-state index in [1.165, 1.54) is 18.4 Å². The van der Waals surface area contributed by atoms with Gasteiger partial charge in [0, 0.05) is 12.1 Å². The molecule has 1 saturated heterocycles. The quantitative estimate of drug-likeness (QED) is 0.902. The number of piperidine rings is 1. The van der Waals surface area contributed by atoms with Gasteiger partial charge in [-0.25, -0.2) is 0 Å². The van der Waals surface area contributed by atoms with Gasteiger partial charge in [-0.3, -0.25) is 9.69 Å². The minimum absolute atomic E-state index is 0.196. The molecule has 0 unspecified atom stereocenters. The van der Waals surface area contributed by atoms with Crippen LogP contribution in [0.3, 0.4) is 0 Å². The largest absolute Gasteiger partial charge is 0.364 e. The molecule has 1 aliphatic heterocycles. The van der Waals surface area contributed by atoms with Gasteiger partial charge < -0.3 is 5.73 Å². The fourth-order valence-electron chi connectivity index (χ4n) is 3.40. The maximum Gasteiger partial charge on any atom is 0.271 e. The Morgan fingerprint density at radius 3 is 2.67 bits per heavy atom. The highest BCUT2D eigenvalue weighted by atomic mass is 16.1. The third kappa shape index (κ3) is 3.33. The first kappa shape index (κ1) is 16.6. The number of aromatic nitrogens is 3. The average Bonchev–Trinajstić information content (AvgIpc) is 3.02. The van der Waals surface area contributed by atoms with Crippen LogP contribution in [0.4, 0.5) is 0 Å². The number of nitrogens with zero attached hydrogens (tertiary/aromatic N) is 3. The zero-order chi connectivity index (χ0) is 17.3. The van der Waals surface area contributed by atoms with Crippen molar-refractivity contribution >= 4 is 5.91 Å². The molecule has 128 valence electrons. The van der Waals surface area contributed by atoms with Crippen molar-refractivity contribution in [2.45, 2.75) is 40.2 Å². The van der Waals surface area contributed by atoms with Crippen molar-refractivity contribution in [1.29, 1.82) is 0 Å². The Balaban J connectivity index is 1.93. The third-order valence-corrected chi connectivity index (χ3v) is 4.97. The number of primary amides is 1. The van der Waals surface area contributed by atoms with Gasteiger partial charge in [0.25, 0.3) is 5.91 Å². The molecule has 0 saturated carbocycles. The summed E-state index contributed by atoms with van der Waals surface area (Å²) in [7, 11) is 0. The van der Waals surface area contributed by atoms with E-state index < -0.39 is 5.91 Å². The molecule has 1 fully saturated rings. The minimum atomic E-state index is -0.564. The lowest BCUT2D eigenvalue weighted by atomic mass is 9.94. The second-order valence-electron chi connectivity index (χ2n) is 6.94. The predicted octanol–water partition coefficient (Wildman–Crippen LogP) is 2.42. The van der Waals surface area contributed by atoms with Gasteiger partial charge in [0.15, 0.2) is 5.69 Å². The summed E-state index contributed by atoms with van der Waals surface area (Å²) in [5.74, 6) is 0.259. The van der Waals surface area contributed by atoms with Gasteiger partial charge in [0.2, 0.25) is 0 Å². The van der Waals surface area contributed by atoms with Gasteiger partial charge in [-0.2, -0.15) is 15.4 Å². The van der Waals surface area contributed by atoms with E-state index in [0.717, 1.165) is 42.2 Å². The SMILES string of the molecule is Cc1cc(CN2CCC(C)CC2)c(C)c(-c2n[nH]nc2C(N)=O)c1. The van der Waals surface area contributed by atoms with Gasteiger partial charge in [0.1, 0.15) is 5.69 Å². The van der Waals surface area contributed by atoms with Crippen LogP contribution in [-0.4, -0.2) is 39.3 Å². The first-order valence-electron chi connectivity index (χ1n) is 8.49. The number of hydrogen-bond donors (Lipinski definition) is 2. The number of hydrogen-bond acceptors (Lipinski definition) is 4. The highest BCUT2D eigenvalue weighted by molar-refractivity contribution is 5.97. The first-order valence-corrected chi connectivity index (χ1v) is 8.49. The van der Waals surface area contributed by atoms with E-state index in [-0.39, 0.29) is 5.69 Å². The van der Waals surface area contributed by atoms with Crippen LogP contribution in [0.5, 0.6) is 0 Å². The second-order valence-corrected chi connectivity index (χ2v) is 6.94. The van der Waals surface area contributed by atoms with Gasteiger partial charge in [-0.05, 0) is 62.9 Å². The standard InChI is InChI=1S/C18H25N5O/c1-11-4-6-23(7-5-11)10-14-8-12(2)9-15(13(14)3)16-17(18(19)24)21-22-20-16/h8-9,11H,4-7,10H2,1-3H3,(H2,19,24)(H,20,21,22). The molecule has 6 nitrogen and oxygen atoms in total. The van der Waals surface area contributed by atoms with Crippen LogP contribution in [-0.2, 0) is 6.54 Å². The van der Waals surface area contributed by atoms with E-state index in [1.54, 1.807) is 0 Å². The van der Waals surface area contributed by atoms with E-state index in [2.05, 4.69) is 47.1 Å². The Morgan fingerprint density at radius 2 is 2.00 bits per heavy atom. The number of carbonyl (C=O) groups is 1. The number of rotatable bonds is 4. The Labute approximate surface area is 142 Å². The lowest BCUT2D eigenvalue weighted by Gasteiger charge is -2.31. The molecule has 3 N–H and O–H groups in total. The summed E-state index contributed by atoms with van der Waals surface area (Å²) >= 11 is 0. The summed E-state index contributed by atoms with van der Waals surface area (Å²) in [5.41, 5.74) is 10.6. The number of carbonyl (C=O) groups excluding carboxylic acids is 1. The predicted molar refractivity (Wildman–Crippen MR) is 93.5 cm³/mol. The highest BCUT2D eigenvalue weighted by Gasteiger charge is 2.21. The van der Waals surface area contributed by atoms with Crippen LogP contribution < -0.4 is 5.73 Å². The van der Waals surface area contributed by atoms with E-state index in [4.69, 9.17) is 5.73 Å². The number of aryl methyl sites for hydroxylation is 1. The fraction of sp³-hybridized carbons (Fsp3) is 0.500.